The minimum atomic E-state index is -2.47. The lowest BCUT2D eigenvalue weighted by Gasteiger charge is -2.23. The quantitative estimate of drug-likeness (QED) is 0.615. The molecule has 4 nitrogen and oxygen atoms in total. The molecule has 0 bridgehead atoms. The third kappa shape index (κ3) is 6.56. The summed E-state index contributed by atoms with van der Waals surface area (Å²) in [5.74, 6) is -0.354. The molecule has 0 aliphatic carbocycles. The first-order valence-corrected chi connectivity index (χ1v) is 7.44. The first-order chi connectivity index (χ1) is 6.66. The molecule has 0 aliphatic heterocycles. The zero-order valence-electron chi connectivity index (χ0n) is 10.9. The molecule has 0 heterocycles. The summed E-state index contributed by atoms with van der Waals surface area (Å²) in [6.07, 6.45) is -0.142. The molecule has 1 unspecified atom stereocenters. The van der Waals surface area contributed by atoms with E-state index in [1.54, 1.807) is 27.4 Å². The SMILES string of the molecule is CC(C)OC(=O)[C@H](C)NP(C)(=O)C(C)C.S. The fourth-order valence-corrected chi connectivity index (χ4v) is 2.09. The van der Waals surface area contributed by atoms with Crippen molar-refractivity contribution in [2.45, 2.75) is 52.4 Å². The van der Waals surface area contributed by atoms with Crippen molar-refractivity contribution in [3.8, 4) is 0 Å². The van der Waals surface area contributed by atoms with E-state index in [0.29, 0.717) is 0 Å². The Morgan fingerprint density at radius 1 is 1.19 bits per heavy atom. The summed E-state index contributed by atoms with van der Waals surface area (Å²) in [5, 5.41) is 2.84. The number of carbonyl (C=O) groups is 1. The molecule has 0 saturated heterocycles. The molecule has 0 saturated carbocycles. The van der Waals surface area contributed by atoms with Crippen LogP contribution in [0, 0.1) is 0 Å². The minimum absolute atomic E-state index is 0. The zero-order chi connectivity index (χ0) is 12.2. The summed E-state index contributed by atoms with van der Waals surface area (Å²) < 4.78 is 17.0. The highest BCUT2D eigenvalue weighted by Crippen LogP contribution is 2.42. The summed E-state index contributed by atoms with van der Waals surface area (Å²) in [5.41, 5.74) is 0.0202. The lowest BCUT2D eigenvalue weighted by molar-refractivity contribution is -0.148. The molecule has 0 aliphatic rings. The number of carbonyl (C=O) groups excluding carboxylic acids is 1. The molecule has 0 aromatic carbocycles. The van der Waals surface area contributed by atoms with Gasteiger partial charge in [-0.3, -0.25) is 9.88 Å². The van der Waals surface area contributed by atoms with Gasteiger partial charge in [0.05, 0.1) is 6.10 Å². The average molecular weight is 269 g/mol. The lowest BCUT2D eigenvalue weighted by atomic mass is 10.4. The maximum absolute atomic E-state index is 12.0. The van der Waals surface area contributed by atoms with Crippen LogP contribution in [-0.2, 0) is 14.1 Å². The van der Waals surface area contributed by atoms with Crippen LogP contribution >= 0.6 is 20.8 Å². The van der Waals surface area contributed by atoms with Gasteiger partial charge in [0.2, 0.25) is 0 Å². The Bertz CT molecular complexity index is 269. The van der Waals surface area contributed by atoms with Crippen molar-refractivity contribution in [1.82, 2.24) is 5.09 Å². The van der Waals surface area contributed by atoms with Crippen LogP contribution in [0.2, 0.25) is 0 Å². The predicted molar refractivity (Wildman–Crippen MR) is 72.9 cm³/mol. The number of ether oxygens (including phenoxy) is 1. The van der Waals surface area contributed by atoms with E-state index in [2.05, 4.69) is 5.09 Å². The Morgan fingerprint density at radius 3 is 1.94 bits per heavy atom. The smallest absolute Gasteiger partial charge is 0.323 e. The Morgan fingerprint density at radius 2 is 1.62 bits per heavy atom. The third-order valence-electron chi connectivity index (χ3n) is 2.14. The normalized spacial score (nSPS) is 16.5. The van der Waals surface area contributed by atoms with Gasteiger partial charge >= 0.3 is 5.97 Å². The Hall–Kier alpha value is 0.01000. The summed E-state index contributed by atoms with van der Waals surface area (Å²) in [7, 11) is -2.47. The molecule has 0 amide bonds. The Balaban J connectivity index is 0. The highest BCUT2D eigenvalue weighted by Gasteiger charge is 2.26. The van der Waals surface area contributed by atoms with Crippen LogP contribution in [0.15, 0.2) is 0 Å². The molecule has 2 atom stereocenters. The van der Waals surface area contributed by atoms with Gasteiger partial charge in [-0.2, -0.15) is 13.5 Å². The predicted octanol–water partition coefficient (Wildman–Crippen LogP) is 2.35. The van der Waals surface area contributed by atoms with Crippen molar-refractivity contribution in [1.29, 1.82) is 0 Å². The van der Waals surface area contributed by atoms with E-state index < -0.39 is 13.3 Å². The Labute approximate surface area is 105 Å². The third-order valence-corrected chi connectivity index (χ3v) is 5.01. The number of nitrogens with one attached hydrogen (secondary N) is 1. The molecule has 6 heteroatoms. The standard InChI is InChI=1S/C10H22NO3P.H2S/c1-7(2)14-10(12)9(5)11-15(6,13)8(3)4;/h7-9H,1-6H3,(H,11,13);1H2/t9-,15?;/m0./s1. The van der Waals surface area contributed by atoms with Gasteiger partial charge in [0.25, 0.3) is 0 Å². The average Bonchev–Trinajstić information content (AvgIpc) is 2.01. The topological polar surface area (TPSA) is 55.4 Å². The van der Waals surface area contributed by atoms with E-state index in [4.69, 9.17) is 4.74 Å². The van der Waals surface area contributed by atoms with E-state index >= 15 is 0 Å². The second-order valence-electron chi connectivity index (χ2n) is 4.42. The second-order valence-corrected chi connectivity index (χ2v) is 7.69. The molecule has 98 valence electrons. The summed E-state index contributed by atoms with van der Waals surface area (Å²) in [6.45, 7) is 10.6. The molecule has 16 heavy (non-hydrogen) atoms. The molecule has 0 rings (SSSR count). The molecule has 0 aromatic heterocycles. The van der Waals surface area contributed by atoms with E-state index in [1.807, 2.05) is 13.8 Å². The van der Waals surface area contributed by atoms with Gasteiger partial charge in [0.15, 0.2) is 0 Å². The Kier molecular flexibility index (Phi) is 8.45. The fourth-order valence-electron chi connectivity index (χ4n) is 0.921. The highest BCUT2D eigenvalue weighted by molar-refractivity contribution is 7.61. The van der Waals surface area contributed by atoms with E-state index in [1.165, 1.54) is 0 Å². The molecular formula is C10H24NO3PS. The number of rotatable bonds is 5. The van der Waals surface area contributed by atoms with Crippen molar-refractivity contribution >= 4 is 26.8 Å². The number of hydrogen-bond acceptors (Lipinski definition) is 3. The molecule has 0 spiro atoms. The molecule has 0 fully saturated rings. The van der Waals surface area contributed by atoms with Gasteiger partial charge in [-0.25, -0.2) is 0 Å². The van der Waals surface area contributed by atoms with Crippen LogP contribution in [0.25, 0.3) is 0 Å². The van der Waals surface area contributed by atoms with Crippen LogP contribution in [0.4, 0.5) is 0 Å². The molecule has 1 N–H and O–H groups in total. The van der Waals surface area contributed by atoms with Crippen molar-refractivity contribution in [3.05, 3.63) is 0 Å². The second kappa shape index (κ2) is 7.36. The van der Waals surface area contributed by atoms with Crippen LogP contribution < -0.4 is 5.09 Å². The first kappa shape index (κ1) is 18.4. The van der Waals surface area contributed by atoms with Crippen molar-refractivity contribution < 1.29 is 14.1 Å². The number of esters is 1. The maximum Gasteiger partial charge on any atom is 0.323 e. The van der Waals surface area contributed by atoms with Gasteiger partial charge in [-0.05, 0) is 20.8 Å². The lowest BCUT2D eigenvalue weighted by Crippen LogP contribution is -2.35. The zero-order valence-corrected chi connectivity index (χ0v) is 12.8. The summed E-state index contributed by atoms with van der Waals surface area (Å²) in [4.78, 5) is 11.4. The van der Waals surface area contributed by atoms with E-state index in [-0.39, 0.29) is 31.2 Å². The largest absolute Gasteiger partial charge is 0.462 e. The monoisotopic (exact) mass is 269 g/mol. The molecular weight excluding hydrogens is 245 g/mol. The first-order valence-electron chi connectivity index (χ1n) is 5.22. The molecule has 0 radical (unpaired) electrons. The highest BCUT2D eigenvalue weighted by atomic mass is 32.1. The van der Waals surface area contributed by atoms with Gasteiger partial charge in [0, 0.05) is 12.3 Å². The van der Waals surface area contributed by atoms with E-state index in [0.717, 1.165) is 0 Å². The fraction of sp³-hybridized carbons (Fsp3) is 0.900. The van der Waals surface area contributed by atoms with Crippen molar-refractivity contribution in [2.24, 2.45) is 0 Å². The van der Waals surface area contributed by atoms with Crippen molar-refractivity contribution in [2.75, 3.05) is 6.66 Å². The molecule has 0 aromatic rings. The number of hydrogen-bond donors (Lipinski definition) is 1. The minimum Gasteiger partial charge on any atom is -0.462 e. The van der Waals surface area contributed by atoms with Gasteiger partial charge in [-0.1, -0.05) is 13.8 Å². The van der Waals surface area contributed by atoms with Crippen LogP contribution in [0.5, 0.6) is 0 Å². The van der Waals surface area contributed by atoms with E-state index in [9.17, 15) is 9.36 Å². The van der Waals surface area contributed by atoms with Crippen molar-refractivity contribution in [3.63, 3.8) is 0 Å². The summed E-state index contributed by atoms with van der Waals surface area (Å²) >= 11 is 0. The maximum atomic E-state index is 12.0. The van der Waals surface area contributed by atoms with Crippen LogP contribution in [-0.4, -0.2) is 30.4 Å². The van der Waals surface area contributed by atoms with Gasteiger partial charge in [-0.15, -0.1) is 0 Å². The van der Waals surface area contributed by atoms with Gasteiger partial charge < -0.3 is 9.30 Å². The van der Waals surface area contributed by atoms with Gasteiger partial charge in [0.1, 0.15) is 13.3 Å². The van der Waals surface area contributed by atoms with Crippen LogP contribution in [0.1, 0.15) is 34.6 Å². The summed E-state index contributed by atoms with van der Waals surface area (Å²) in [6, 6.07) is -0.523. The van der Waals surface area contributed by atoms with Crippen LogP contribution in [0.3, 0.4) is 0 Å².